The van der Waals surface area contributed by atoms with Crippen LogP contribution in [0.1, 0.15) is 43.6 Å². The first-order chi connectivity index (χ1) is 9.86. The molecule has 1 heterocycles. The zero-order chi connectivity index (χ0) is 15.6. The highest BCUT2D eigenvalue weighted by Gasteiger charge is 2.38. The van der Waals surface area contributed by atoms with Gasteiger partial charge in [0.2, 0.25) is 0 Å². The molecule has 1 saturated carbocycles. The number of thiophene rings is 1. The molecular weight excluding hydrogens is 304 g/mol. The molecule has 1 N–H and O–H groups in total. The first kappa shape index (κ1) is 16.9. The fraction of sp³-hybridized carbons (Fsp3) is 0.733. The molecule has 0 radical (unpaired) electrons. The molecular formula is C15H26N2O2S2. The van der Waals surface area contributed by atoms with Crippen LogP contribution < -0.4 is 5.32 Å². The maximum absolute atomic E-state index is 12.9. The summed E-state index contributed by atoms with van der Waals surface area (Å²) in [6.07, 6.45) is 2.93. The average molecular weight is 331 g/mol. The summed E-state index contributed by atoms with van der Waals surface area (Å²) < 4.78 is 28.1. The van der Waals surface area contributed by atoms with E-state index in [-0.39, 0.29) is 6.04 Å². The predicted molar refractivity (Wildman–Crippen MR) is 88.2 cm³/mol. The van der Waals surface area contributed by atoms with Crippen molar-refractivity contribution < 1.29 is 8.42 Å². The van der Waals surface area contributed by atoms with Crippen LogP contribution in [0.2, 0.25) is 0 Å². The van der Waals surface area contributed by atoms with Gasteiger partial charge < -0.3 is 5.32 Å². The third kappa shape index (κ3) is 4.06. The lowest BCUT2D eigenvalue weighted by Crippen LogP contribution is -2.34. The molecule has 6 heteroatoms. The molecule has 0 spiro atoms. The van der Waals surface area contributed by atoms with Gasteiger partial charge in [-0.25, -0.2) is 8.42 Å². The normalized spacial score (nSPS) is 16.1. The van der Waals surface area contributed by atoms with Crippen molar-refractivity contribution in [1.29, 1.82) is 0 Å². The molecule has 0 aromatic carbocycles. The molecule has 120 valence electrons. The first-order valence-electron chi connectivity index (χ1n) is 7.62. The molecule has 2 rings (SSSR count). The van der Waals surface area contributed by atoms with Crippen LogP contribution in [0, 0.1) is 12.8 Å². The molecule has 4 nitrogen and oxygen atoms in total. The fourth-order valence-electron chi connectivity index (χ4n) is 2.31. The van der Waals surface area contributed by atoms with Gasteiger partial charge in [-0.3, -0.25) is 0 Å². The maximum atomic E-state index is 12.9. The van der Waals surface area contributed by atoms with Crippen molar-refractivity contribution in [3.8, 4) is 0 Å². The van der Waals surface area contributed by atoms with Crippen molar-refractivity contribution in [3.63, 3.8) is 0 Å². The van der Waals surface area contributed by atoms with E-state index < -0.39 is 10.0 Å². The van der Waals surface area contributed by atoms with E-state index in [1.807, 2.05) is 20.0 Å². The molecule has 1 fully saturated rings. The summed E-state index contributed by atoms with van der Waals surface area (Å²) in [6.45, 7) is 7.62. The predicted octanol–water partition coefficient (Wildman–Crippen LogP) is 2.98. The van der Waals surface area contributed by atoms with Crippen LogP contribution in [0.4, 0.5) is 0 Å². The van der Waals surface area contributed by atoms with Crippen molar-refractivity contribution in [3.05, 3.63) is 16.5 Å². The van der Waals surface area contributed by atoms with Crippen LogP contribution in [0.3, 0.4) is 0 Å². The molecule has 0 unspecified atom stereocenters. The largest absolute Gasteiger partial charge is 0.315 e. The van der Waals surface area contributed by atoms with Crippen molar-refractivity contribution in [1.82, 2.24) is 9.62 Å². The lowest BCUT2D eigenvalue weighted by Gasteiger charge is -2.21. The molecule has 0 saturated heterocycles. The second-order valence-electron chi connectivity index (χ2n) is 6.23. The van der Waals surface area contributed by atoms with Crippen LogP contribution in [0.5, 0.6) is 0 Å². The quantitative estimate of drug-likeness (QED) is 0.797. The van der Waals surface area contributed by atoms with E-state index in [1.165, 1.54) is 11.3 Å². The Hall–Kier alpha value is -0.430. The molecule has 0 aliphatic heterocycles. The number of aryl methyl sites for hydroxylation is 1. The minimum atomic E-state index is -3.33. The minimum Gasteiger partial charge on any atom is -0.315 e. The van der Waals surface area contributed by atoms with E-state index in [9.17, 15) is 8.42 Å². The molecule has 1 aromatic heterocycles. The zero-order valence-electron chi connectivity index (χ0n) is 13.3. The van der Waals surface area contributed by atoms with Gasteiger partial charge in [0.15, 0.2) is 0 Å². The van der Waals surface area contributed by atoms with E-state index in [0.29, 0.717) is 16.7 Å². The van der Waals surface area contributed by atoms with Gasteiger partial charge in [0.1, 0.15) is 4.21 Å². The third-order valence-electron chi connectivity index (χ3n) is 3.78. The number of nitrogens with one attached hydrogen (secondary N) is 1. The van der Waals surface area contributed by atoms with Gasteiger partial charge in [0, 0.05) is 24.0 Å². The van der Waals surface area contributed by atoms with Crippen molar-refractivity contribution >= 4 is 21.4 Å². The number of hydrogen-bond acceptors (Lipinski definition) is 4. The third-order valence-corrected chi connectivity index (χ3v) is 7.42. The van der Waals surface area contributed by atoms with E-state index in [2.05, 4.69) is 19.2 Å². The van der Waals surface area contributed by atoms with E-state index in [4.69, 9.17) is 0 Å². The van der Waals surface area contributed by atoms with Gasteiger partial charge in [-0.05, 0) is 50.8 Å². The average Bonchev–Trinajstić information content (AvgIpc) is 3.14. The Morgan fingerprint density at radius 1 is 1.43 bits per heavy atom. The Bertz CT molecular complexity index is 574. The molecule has 21 heavy (non-hydrogen) atoms. The van der Waals surface area contributed by atoms with Gasteiger partial charge >= 0.3 is 0 Å². The van der Waals surface area contributed by atoms with E-state index in [0.717, 1.165) is 36.2 Å². The summed E-state index contributed by atoms with van der Waals surface area (Å²) in [5.74, 6) is 0.520. The van der Waals surface area contributed by atoms with Crippen molar-refractivity contribution in [2.45, 2.75) is 56.8 Å². The number of rotatable bonds is 8. The number of hydrogen-bond donors (Lipinski definition) is 1. The highest BCUT2D eigenvalue weighted by Crippen LogP contribution is 2.35. The topological polar surface area (TPSA) is 49.4 Å². The summed E-state index contributed by atoms with van der Waals surface area (Å²) in [5, 5.41) is 3.10. The SMILES string of the molecule is CNCc1sc(S(=O)(=O)N(CCC(C)C)C2CC2)cc1C. The van der Waals surface area contributed by atoms with Crippen LogP contribution in [0.25, 0.3) is 0 Å². The number of sulfonamides is 1. The summed E-state index contributed by atoms with van der Waals surface area (Å²) in [7, 11) is -1.45. The van der Waals surface area contributed by atoms with Gasteiger partial charge in [-0.2, -0.15) is 4.31 Å². The second-order valence-corrected chi connectivity index (χ2v) is 9.49. The molecule has 0 amide bonds. The van der Waals surface area contributed by atoms with Crippen LogP contribution in [-0.4, -0.2) is 32.4 Å². The van der Waals surface area contributed by atoms with Gasteiger partial charge in [-0.15, -0.1) is 11.3 Å². The smallest absolute Gasteiger partial charge is 0.252 e. The van der Waals surface area contributed by atoms with Crippen LogP contribution >= 0.6 is 11.3 Å². The summed E-state index contributed by atoms with van der Waals surface area (Å²) >= 11 is 1.41. The summed E-state index contributed by atoms with van der Waals surface area (Å²) in [6, 6.07) is 2.06. The van der Waals surface area contributed by atoms with Gasteiger partial charge in [-0.1, -0.05) is 13.8 Å². The van der Waals surface area contributed by atoms with Crippen molar-refractivity contribution in [2.75, 3.05) is 13.6 Å². The second kappa shape index (κ2) is 6.77. The van der Waals surface area contributed by atoms with Crippen LogP contribution in [0.15, 0.2) is 10.3 Å². The van der Waals surface area contributed by atoms with Crippen molar-refractivity contribution in [2.24, 2.45) is 5.92 Å². The monoisotopic (exact) mass is 330 g/mol. The minimum absolute atomic E-state index is 0.226. The molecule has 0 atom stereocenters. The van der Waals surface area contributed by atoms with Gasteiger partial charge in [0.25, 0.3) is 10.0 Å². The molecule has 1 aromatic rings. The lowest BCUT2D eigenvalue weighted by atomic mass is 10.1. The Morgan fingerprint density at radius 3 is 2.62 bits per heavy atom. The Morgan fingerprint density at radius 2 is 2.10 bits per heavy atom. The molecule has 1 aliphatic rings. The zero-order valence-corrected chi connectivity index (χ0v) is 15.0. The van der Waals surface area contributed by atoms with E-state index in [1.54, 1.807) is 4.31 Å². The highest BCUT2D eigenvalue weighted by molar-refractivity contribution is 7.91. The maximum Gasteiger partial charge on any atom is 0.252 e. The van der Waals surface area contributed by atoms with Crippen LogP contribution in [-0.2, 0) is 16.6 Å². The first-order valence-corrected chi connectivity index (χ1v) is 9.87. The fourth-order valence-corrected chi connectivity index (χ4v) is 5.75. The standard InChI is InChI=1S/C15H26N2O2S2/c1-11(2)7-8-17(13-5-6-13)21(18,19)15-9-12(3)14(20-15)10-16-4/h9,11,13,16H,5-8,10H2,1-4H3. The Kier molecular flexibility index (Phi) is 5.46. The highest BCUT2D eigenvalue weighted by atomic mass is 32.2. The molecule has 1 aliphatic carbocycles. The Labute approximate surface area is 132 Å². The molecule has 0 bridgehead atoms. The lowest BCUT2D eigenvalue weighted by molar-refractivity contribution is 0.374. The van der Waals surface area contributed by atoms with Gasteiger partial charge in [0.05, 0.1) is 0 Å². The summed E-state index contributed by atoms with van der Waals surface area (Å²) in [4.78, 5) is 1.11. The van der Waals surface area contributed by atoms with E-state index >= 15 is 0 Å². The Balaban J connectivity index is 2.23. The number of nitrogens with zero attached hydrogens (tertiary/aromatic N) is 1. The summed E-state index contributed by atoms with van der Waals surface area (Å²) in [5.41, 5.74) is 1.06.